The fourth-order valence-corrected chi connectivity index (χ4v) is 15.5. The minimum Gasteiger partial charge on any atom is -0.539 e. The van der Waals surface area contributed by atoms with Gasteiger partial charge in [0.1, 0.15) is 11.6 Å². The molecule has 4 aromatic carbocycles. The maximum absolute atomic E-state index is 16.5. The lowest BCUT2D eigenvalue weighted by atomic mass is 9.91. The van der Waals surface area contributed by atoms with E-state index < -0.39 is 101 Å². The van der Waals surface area contributed by atoms with Gasteiger partial charge in [-0.05, 0) is 17.6 Å². The SMILES string of the molecule is CCCCCCCCC[Si](CCC[Si](CC)(CC)CC)(Oc1c(F)c2c(F)c(F)c3c(F)[c]c(F)c4c(F)c(F)c(c1F)c2c34)C(C)C. The lowest BCUT2D eigenvalue weighted by molar-refractivity contribution is 0.428. The van der Waals surface area contributed by atoms with Crippen molar-refractivity contribution in [2.24, 2.45) is 0 Å². The third-order valence-corrected chi connectivity index (χ3v) is 22.2. The normalized spacial score (nSPS) is 13.9. The molecule has 265 valence electrons. The Labute approximate surface area is 280 Å². The maximum Gasteiger partial charge on any atom is 0.254 e. The van der Waals surface area contributed by atoms with E-state index in [1.54, 1.807) is 0 Å². The molecule has 11 heteroatoms. The zero-order chi connectivity index (χ0) is 35.6. The number of unbranched alkanes of at least 4 members (excludes halogenated alkanes) is 6. The minimum absolute atomic E-state index is 0.176. The first-order valence-corrected chi connectivity index (χ1v) is 22.8. The van der Waals surface area contributed by atoms with Crippen LogP contribution in [0.15, 0.2) is 0 Å². The molecule has 0 heterocycles. The van der Waals surface area contributed by atoms with Crippen LogP contribution in [-0.4, -0.2) is 16.4 Å². The number of halogens is 8. The third-order valence-electron chi connectivity index (χ3n) is 11.1. The highest BCUT2D eigenvalue weighted by Gasteiger charge is 2.43. The van der Waals surface area contributed by atoms with Crippen LogP contribution >= 0.6 is 0 Å². The molecule has 0 bridgehead atoms. The third kappa shape index (κ3) is 6.83. The number of benzene rings is 4. The fraction of sp³-hybridized carbons (Fsp3) is 0.568. The highest BCUT2D eigenvalue weighted by atomic mass is 28.4. The molecule has 0 aliphatic carbocycles. The van der Waals surface area contributed by atoms with Crippen molar-refractivity contribution in [3.8, 4) is 5.75 Å². The Morgan fingerprint density at radius 1 is 0.500 bits per heavy atom. The summed E-state index contributed by atoms with van der Waals surface area (Å²) in [7, 11) is -4.74. The first-order valence-electron chi connectivity index (χ1n) is 17.6. The largest absolute Gasteiger partial charge is 0.539 e. The summed E-state index contributed by atoms with van der Waals surface area (Å²) in [6, 6.07) is 6.79. The van der Waals surface area contributed by atoms with Gasteiger partial charge in [0.2, 0.25) is 0 Å². The molecule has 0 aromatic heterocycles. The van der Waals surface area contributed by atoms with Gasteiger partial charge in [-0.25, -0.2) is 35.1 Å². The van der Waals surface area contributed by atoms with Crippen molar-refractivity contribution in [1.29, 1.82) is 0 Å². The summed E-state index contributed by atoms with van der Waals surface area (Å²) in [5.41, 5.74) is -0.176. The van der Waals surface area contributed by atoms with E-state index in [-0.39, 0.29) is 5.54 Å². The maximum atomic E-state index is 16.5. The standard InChI is InChI=1S/C37H47F8OSi2/c1-7-11-12-13-14-15-16-19-48(22(5)6,20-17-18-47(8-2,9-3)10-4)46-37-35(44)29-28-27-25(31(40)33(29)42)23(38)21-24(39)26(27)32(41)34(43)30(28)36(37)45/h22H,7-20H2,1-6H3. The fourth-order valence-electron chi connectivity index (χ4n) is 7.64. The zero-order valence-corrected chi connectivity index (χ0v) is 30.9. The molecule has 0 saturated carbocycles. The average molecular weight is 716 g/mol. The lowest BCUT2D eigenvalue weighted by Gasteiger charge is -2.38. The van der Waals surface area contributed by atoms with Crippen molar-refractivity contribution in [3.05, 3.63) is 52.6 Å². The summed E-state index contributed by atoms with van der Waals surface area (Å²) >= 11 is 0. The Morgan fingerprint density at radius 2 is 0.917 bits per heavy atom. The molecule has 0 fully saturated rings. The van der Waals surface area contributed by atoms with E-state index in [0.29, 0.717) is 12.1 Å². The molecule has 0 N–H and O–H groups in total. The van der Waals surface area contributed by atoms with E-state index in [1.807, 2.05) is 13.8 Å². The molecule has 4 aromatic rings. The van der Waals surface area contributed by atoms with Crippen molar-refractivity contribution in [2.45, 2.75) is 135 Å². The summed E-state index contributed by atoms with van der Waals surface area (Å²) in [5.74, 6) is -15.6. The van der Waals surface area contributed by atoms with Crippen molar-refractivity contribution < 1.29 is 39.5 Å². The topological polar surface area (TPSA) is 9.23 Å². The van der Waals surface area contributed by atoms with Gasteiger partial charge in [0.05, 0.1) is 35.7 Å². The molecule has 48 heavy (non-hydrogen) atoms. The van der Waals surface area contributed by atoms with Crippen molar-refractivity contribution in [2.75, 3.05) is 0 Å². The van der Waals surface area contributed by atoms with E-state index in [9.17, 15) is 8.78 Å². The van der Waals surface area contributed by atoms with E-state index in [2.05, 4.69) is 27.7 Å². The molecule has 0 amide bonds. The average Bonchev–Trinajstić information content (AvgIpc) is 3.05. The predicted octanol–water partition coefficient (Wildman–Crippen LogP) is 13.9. The van der Waals surface area contributed by atoms with E-state index >= 15 is 26.3 Å². The van der Waals surface area contributed by atoms with Gasteiger partial charge in [-0.15, -0.1) is 0 Å². The van der Waals surface area contributed by atoms with Crippen molar-refractivity contribution in [3.63, 3.8) is 0 Å². The minimum atomic E-state index is -3.17. The van der Waals surface area contributed by atoms with Crippen LogP contribution in [0, 0.1) is 52.6 Å². The molecule has 0 aliphatic heterocycles. The van der Waals surface area contributed by atoms with Gasteiger partial charge in [0, 0.05) is 10.8 Å². The zero-order valence-electron chi connectivity index (χ0n) is 28.9. The second kappa shape index (κ2) is 15.6. The van der Waals surface area contributed by atoms with Gasteiger partial charge in [-0.2, -0.15) is 0 Å². The molecule has 1 nitrogen and oxygen atoms in total. The summed E-state index contributed by atoms with van der Waals surface area (Å²) < 4.78 is 131. The van der Waals surface area contributed by atoms with Crippen LogP contribution < -0.4 is 4.43 Å². The van der Waals surface area contributed by atoms with Crippen LogP contribution in [0.3, 0.4) is 0 Å². The second-order valence-electron chi connectivity index (χ2n) is 13.8. The van der Waals surface area contributed by atoms with Crippen molar-refractivity contribution >= 4 is 48.7 Å². The van der Waals surface area contributed by atoms with Crippen LogP contribution in [0.4, 0.5) is 35.1 Å². The predicted molar refractivity (Wildman–Crippen MR) is 184 cm³/mol. The molecule has 0 aliphatic rings. The smallest absolute Gasteiger partial charge is 0.254 e. The summed E-state index contributed by atoms with van der Waals surface area (Å²) in [5, 5.41) is -7.00. The quantitative estimate of drug-likeness (QED) is 0.0431. The molecular formula is C37H47F8OSi2. The Morgan fingerprint density at radius 3 is 1.38 bits per heavy atom. The number of rotatable bonds is 18. The molecule has 4 rings (SSSR count). The van der Waals surface area contributed by atoms with Gasteiger partial charge in [0.25, 0.3) is 8.32 Å². The summed E-state index contributed by atoms with van der Waals surface area (Å²) in [6.45, 7) is 12.6. The van der Waals surface area contributed by atoms with E-state index in [4.69, 9.17) is 4.43 Å². The van der Waals surface area contributed by atoms with Crippen LogP contribution in [0.1, 0.15) is 92.9 Å². The number of hydrogen-bond donors (Lipinski definition) is 0. The monoisotopic (exact) mass is 715 g/mol. The van der Waals surface area contributed by atoms with Gasteiger partial charge < -0.3 is 4.43 Å². The van der Waals surface area contributed by atoms with Gasteiger partial charge in [-0.1, -0.05) is 117 Å². The van der Waals surface area contributed by atoms with Gasteiger partial charge >= 0.3 is 0 Å². The van der Waals surface area contributed by atoms with Gasteiger partial charge in [-0.3, -0.25) is 0 Å². The summed E-state index contributed by atoms with van der Waals surface area (Å²) in [4.78, 5) is 0. The second-order valence-corrected chi connectivity index (χ2v) is 23.9. The Hall–Kier alpha value is -2.41. The molecule has 0 saturated heterocycles. The van der Waals surface area contributed by atoms with Crippen molar-refractivity contribution in [1.82, 2.24) is 0 Å². The first-order chi connectivity index (χ1) is 22.8. The summed E-state index contributed by atoms with van der Waals surface area (Å²) in [6.07, 6.45) is 7.81. The van der Waals surface area contributed by atoms with Gasteiger partial charge in [0.15, 0.2) is 40.7 Å². The molecule has 0 spiro atoms. The van der Waals surface area contributed by atoms with Crippen LogP contribution in [0.5, 0.6) is 5.75 Å². The van der Waals surface area contributed by atoms with E-state index in [0.717, 1.165) is 75.5 Å². The molecule has 1 radical (unpaired) electrons. The van der Waals surface area contributed by atoms with Crippen LogP contribution in [0.2, 0.25) is 41.8 Å². The Balaban J connectivity index is 1.90. The highest BCUT2D eigenvalue weighted by Crippen LogP contribution is 2.48. The number of hydrogen-bond acceptors (Lipinski definition) is 1. The first kappa shape index (κ1) is 38.4. The Kier molecular flexibility index (Phi) is 12.5. The van der Waals surface area contributed by atoms with Crippen LogP contribution in [-0.2, 0) is 0 Å². The molecule has 1 unspecified atom stereocenters. The molecular weight excluding hydrogens is 669 g/mol. The highest BCUT2D eigenvalue weighted by molar-refractivity contribution is 6.80. The Bertz CT molecular complexity index is 1640. The van der Waals surface area contributed by atoms with Crippen LogP contribution in [0.25, 0.3) is 32.3 Å². The van der Waals surface area contributed by atoms with E-state index in [1.165, 1.54) is 6.07 Å². The molecule has 1 atom stereocenters. The lowest BCUT2D eigenvalue weighted by Crippen LogP contribution is -2.46.